The zero-order chi connectivity index (χ0) is 21.5. The molecule has 0 aromatic heterocycles. The highest BCUT2D eigenvalue weighted by atomic mass is 19.2. The van der Waals surface area contributed by atoms with E-state index in [9.17, 15) is 17.6 Å². The number of rotatable bonds is 7. The first-order valence-corrected chi connectivity index (χ1v) is 11.6. The molecule has 2 fully saturated rings. The number of aryl methyl sites for hydroxylation is 1. The lowest BCUT2D eigenvalue weighted by Gasteiger charge is -2.30. The van der Waals surface area contributed by atoms with Crippen molar-refractivity contribution in [3.63, 3.8) is 0 Å². The maximum absolute atomic E-state index is 14.9. The second-order valence-electron chi connectivity index (χ2n) is 9.03. The Bertz CT molecular complexity index is 718. The molecule has 166 valence electrons. The molecule has 0 nitrogen and oxygen atoms in total. The quantitative estimate of drug-likeness (QED) is 0.386. The molecule has 0 heterocycles. The van der Waals surface area contributed by atoms with E-state index >= 15 is 0 Å². The molecular weight excluding hydrogens is 388 g/mol. The Labute approximate surface area is 178 Å². The Hall–Kier alpha value is -1.58. The Kier molecular flexibility index (Phi) is 8.59. The highest BCUT2D eigenvalue weighted by Crippen LogP contribution is 2.44. The predicted octanol–water partition coefficient (Wildman–Crippen LogP) is 8.69. The minimum atomic E-state index is -0.819. The summed E-state index contributed by atoms with van der Waals surface area (Å²) in [5, 5.41) is 0. The summed E-state index contributed by atoms with van der Waals surface area (Å²) in [6, 6.07) is 8.76. The molecule has 0 radical (unpaired) electrons. The Morgan fingerprint density at radius 3 is 1.80 bits per heavy atom. The largest absolute Gasteiger partial charge is 0.246 e. The van der Waals surface area contributed by atoms with E-state index in [1.807, 2.05) is 0 Å². The third-order valence-corrected chi connectivity index (χ3v) is 7.05. The summed E-state index contributed by atoms with van der Waals surface area (Å²) in [6.45, 7) is 1.35. The van der Waals surface area contributed by atoms with E-state index in [1.165, 1.54) is 11.1 Å². The van der Waals surface area contributed by atoms with E-state index in [-0.39, 0.29) is 11.8 Å². The molecule has 0 saturated heterocycles. The minimum Gasteiger partial charge on any atom is -0.246 e. The molecule has 4 heteroatoms. The summed E-state index contributed by atoms with van der Waals surface area (Å²) in [5.41, 5.74) is 2.65. The number of benzene rings is 1. The molecule has 1 aromatic rings. The predicted molar refractivity (Wildman–Crippen MR) is 115 cm³/mol. The van der Waals surface area contributed by atoms with Gasteiger partial charge in [-0.3, -0.25) is 0 Å². The van der Waals surface area contributed by atoms with Crippen LogP contribution in [-0.2, 0) is 6.42 Å². The van der Waals surface area contributed by atoms with Gasteiger partial charge in [-0.2, -0.15) is 0 Å². The Morgan fingerprint density at radius 2 is 1.30 bits per heavy atom. The smallest absolute Gasteiger partial charge is 0.135 e. The molecule has 0 aliphatic heterocycles. The molecule has 2 aliphatic rings. The zero-order valence-corrected chi connectivity index (χ0v) is 18.0. The van der Waals surface area contributed by atoms with E-state index in [4.69, 9.17) is 0 Å². The molecule has 3 rings (SSSR count). The molecule has 2 saturated carbocycles. The van der Waals surface area contributed by atoms with Gasteiger partial charge >= 0.3 is 0 Å². The lowest BCUT2D eigenvalue weighted by Crippen LogP contribution is -2.19. The fraction of sp³-hybridized carbons (Fsp3) is 0.615. The lowest BCUT2D eigenvalue weighted by atomic mass is 9.76. The monoisotopic (exact) mass is 422 g/mol. The summed E-state index contributed by atoms with van der Waals surface area (Å²) in [7, 11) is 0. The van der Waals surface area contributed by atoms with Gasteiger partial charge in [-0.1, -0.05) is 37.6 Å². The summed E-state index contributed by atoms with van der Waals surface area (Å²) in [6.07, 6.45) is 8.03. The molecule has 0 bridgehead atoms. The van der Waals surface area contributed by atoms with Gasteiger partial charge in [-0.15, -0.1) is 0 Å². The fourth-order valence-corrected chi connectivity index (χ4v) is 5.18. The van der Waals surface area contributed by atoms with Crippen molar-refractivity contribution in [2.24, 2.45) is 17.8 Å². The van der Waals surface area contributed by atoms with Crippen LogP contribution in [0.25, 0.3) is 0 Å². The van der Waals surface area contributed by atoms with Crippen LogP contribution in [0, 0.1) is 17.8 Å². The van der Waals surface area contributed by atoms with Gasteiger partial charge in [-0.25, -0.2) is 17.6 Å². The summed E-state index contributed by atoms with van der Waals surface area (Å²) >= 11 is 0. The summed E-state index contributed by atoms with van der Waals surface area (Å²) in [4.78, 5) is 0. The van der Waals surface area contributed by atoms with Crippen LogP contribution in [0.5, 0.6) is 0 Å². The van der Waals surface area contributed by atoms with Crippen molar-refractivity contribution in [3.8, 4) is 0 Å². The number of allylic oxidation sites excluding steroid dienone is 4. The van der Waals surface area contributed by atoms with Crippen LogP contribution in [0.3, 0.4) is 0 Å². The van der Waals surface area contributed by atoms with Crippen LogP contribution < -0.4 is 0 Å². The van der Waals surface area contributed by atoms with E-state index in [1.54, 1.807) is 0 Å². The molecule has 0 amide bonds. The highest BCUT2D eigenvalue weighted by molar-refractivity contribution is 5.26. The lowest BCUT2D eigenvalue weighted by molar-refractivity contribution is 0.248. The second-order valence-corrected chi connectivity index (χ2v) is 9.03. The van der Waals surface area contributed by atoms with E-state index in [0.717, 1.165) is 31.8 Å². The number of alkyl halides is 1. The normalized spacial score (nSPS) is 28.9. The maximum atomic E-state index is 14.9. The Balaban J connectivity index is 1.53. The molecule has 0 unspecified atom stereocenters. The van der Waals surface area contributed by atoms with Crippen molar-refractivity contribution in [1.29, 1.82) is 0 Å². The third kappa shape index (κ3) is 5.76. The number of halogens is 4. The SMILES string of the molecule is CCCc1ccc(C2CCC(/C(F)=C(\F)C3CCC(/C(F)=C/CF)CC3)CC2)cc1. The van der Waals surface area contributed by atoms with Crippen LogP contribution in [0.2, 0.25) is 0 Å². The van der Waals surface area contributed by atoms with Crippen LogP contribution in [0.1, 0.15) is 81.8 Å². The highest BCUT2D eigenvalue weighted by Gasteiger charge is 2.32. The fourth-order valence-electron chi connectivity index (χ4n) is 5.18. The van der Waals surface area contributed by atoms with E-state index in [0.29, 0.717) is 44.4 Å². The number of hydrogen-bond acceptors (Lipinski definition) is 0. The van der Waals surface area contributed by atoms with Crippen LogP contribution in [-0.4, -0.2) is 6.67 Å². The van der Waals surface area contributed by atoms with Gasteiger partial charge in [0.25, 0.3) is 0 Å². The molecule has 2 aliphatic carbocycles. The maximum Gasteiger partial charge on any atom is 0.135 e. The molecule has 0 atom stereocenters. The Morgan fingerprint density at radius 1 is 0.800 bits per heavy atom. The van der Waals surface area contributed by atoms with Crippen LogP contribution >= 0.6 is 0 Å². The summed E-state index contributed by atoms with van der Waals surface area (Å²) < 4.78 is 55.7. The van der Waals surface area contributed by atoms with Crippen LogP contribution in [0.15, 0.2) is 47.8 Å². The molecular formula is C26H34F4. The number of hydrogen-bond donors (Lipinski definition) is 0. The van der Waals surface area contributed by atoms with Crippen molar-refractivity contribution in [2.75, 3.05) is 6.67 Å². The molecule has 1 aromatic carbocycles. The van der Waals surface area contributed by atoms with Gasteiger partial charge in [0.15, 0.2) is 0 Å². The molecule has 0 N–H and O–H groups in total. The van der Waals surface area contributed by atoms with Crippen molar-refractivity contribution in [3.05, 3.63) is 58.9 Å². The minimum absolute atomic E-state index is 0.332. The topological polar surface area (TPSA) is 0 Å². The average Bonchev–Trinajstić information content (AvgIpc) is 2.79. The molecule has 30 heavy (non-hydrogen) atoms. The van der Waals surface area contributed by atoms with Crippen molar-refractivity contribution in [1.82, 2.24) is 0 Å². The van der Waals surface area contributed by atoms with E-state index < -0.39 is 30.1 Å². The van der Waals surface area contributed by atoms with Gasteiger partial charge in [-0.05, 0) is 80.9 Å². The van der Waals surface area contributed by atoms with Crippen molar-refractivity contribution >= 4 is 0 Å². The first kappa shape index (κ1) is 23.1. The molecule has 0 spiro atoms. The van der Waals surface area contributed by atoms with Crippen molar-refractivity contribution in [2.45, 2.75) is 77.0 Å². The average molecular weight is 423 g/mol. The first-order valence-electron chi connectivity index (χ1n) is 11.6. The van der Waals surface area contributed by atoms with Crippen molar-refractivity contribution < 1.29 is 17.6 Å². The van der Waals surface area contributed by atoms with Gasteiger partial charge in [0.2, 0.25) is 0 Å². The van der Waals surface area contributed by atoms with E-state index in [2.05, 4.69) is 31.2 Å². The third-order valence-electron chi connectivity index (χ3n) is 7.05. The summed E-state index contributed by atoms with van der Waals surface area (Å²) in [5.74, 6) is -2.34. The van der Waals surface area contributed by atoms with Gasteiger partial charge < -0.3 is 0 Å². The van der Waals surface area contributed by atoms with Gasteiger partial charge in [0.1, 0.15) is 24.2 Å². The van der Waals surface area contributed by atoms with Gasteiger partial charge in [0.05, 0.1) is 0 Å². The second kappa shape index (κ2) is 11.2. The van der Waals surface area contributed by atoms with Gasteiger partial charge in [0, 0.05) is 17.8 Å². The zero-order valence-electron chi connectivity index (χ0n) is 18.0. The first-order chi connectivity index (χ1) is 14.5. The van der Waals surface area contributed by atoms with Crippen LogP contribution in [0.4, 0.5) is 17.6 Å². The standard InChI is InChI=1S/C26H34F4/c1-2-3-18-4-6-19(7-5-18)20-8-12-22(13-9-20)25(29)26(30)23-14-10-21(11-15-23)24(28)16-17-27/h4-7,16,20-23H,2-3,8-15,17H2,1H3/b24-16-,26-25+.